The number of carbonyl (C=O) groups excluding carboxylic acids is 1. The third-order valence-electron chi connectivity index (χ3n) is 4.76. The molecule has 1 heterocycles. The van der Waals surface area contributed by atoms with Gasteiger partial charge in [-0.25, -0.2) is 4.79 Å². The number of aryl methyl sites for hydroxylation is 1. The molecule has 26 heavy (non-hydrogen) atoms. The lowest BCUT2D eigenvalue weighted by atomic mass is 10.1. The Bertz CT molecular complexity index is 720. The molecule has 1 aliphatic heterocycles. The summed E-state index contributed by atoms with van der Waals surface area (Å²) in [6.45, 7) is 5.64. The molecule has 1 unspecified atom stereocenters. The molecule has 4 nitrogen and oxygen atoms in total. The van der Waals surface area contributed by atoms with Crippen molar-refractivity contribution < 1.29 is 14.3 Å². The molecule has 0 saturated carbocycles. The van der Waals surface area contributed by atoms with E-state index in [1.165, 1.54) is 23.8 Å². The van der Waals surface area contributed by atoms with E-state index in [2.05, 4.69) is 36.1 Å². The third kappa shape index (κ3) is 5.16. The third-order valence-corrected chi connectivity index (χ3v) is 4.76. The van der Waals surface area contributed by atoms with E-state index in [0.717, 1.165) is 39.1 Å². The average molecular weight is 353 g/mol. The molecule has 0 bridgehead atoms. The van der Waals surface area contributed by atoms with Crippen LogP contribution in [0.4, 0.5) is 0 Å². The molecule has 0 aromatic heterocycles. The fourth-order valence-corrected chi connectivity index (χ4v) is 3.45. The number of carbonyl (C=O) groups is 1. The van der Waals surface area contributed by atoms with Crippen LogP contribution in [0.3, 0.4) is 0 Å². The average Bonchev–Trinajstić information content (AvgIpc) is 3.14. The van der Waals surface area contributed by atoms with E-state index < -0.39 is 0 Å². The van der Waals surface area contributed by atoms with Crippen molar-refractivity contribution in [1.82, 2.24) is 4.90 Å². The molecule has 4 heteroatoms. The van der Waals surface area contributed by atoms with E-state index in [1.807, 2.05) is 24.3 Å². The van der Waals surface area contributed by atoms with Crippen LogP contribution in [0.1, 0.15) is 39.9 Å². The Morgan fingerprint density at radius 3 is 2.58 bits per heavy atom. The summed E-state index contributed by atoms with van der Waals surface area (Å²) in [5, 5.41) is 0. The second-order valence-electron chi connectivity index (χ2n) is 6.98. The van der Waals surface area contributed by atoms with Gasteiger partial charge in [0, 0.05) is 26.2 Å². The van der Waals surface area contributed by atoms with Crippen molar-refractivity contribution in [3.8, 4) is 0 Å². The summed E-state index contributed by atoms with van der Waals surface area (Å²) in [6, 6.07) is 16.3. The molecular formula is C22H27NO3. The van der Waals surface area contributed by atoms with Crippen LogP contribution in [0.2, 0.25) is 0 Å². The Hall–Kier alpha value is -2.17. The van der Waals surface area contributed by atoms with Gasteiger partial charge in [0.15, 0.2) is 0 Å². The van der Waals surface area contributed by atoms with Gasteiger partial charge in [0.05, 0.1) is 18.8 Å². The van der Waals surface area contributed by atoms with E-state index >= 15 is 0 Å². The Morgan fingerprint density at radius 2 is 1.92 bits per heavy atom. The quantitative estimate of drug-likeness (QED) is 0.706. The first-order valence-electron chi connectivity index (χ1n) is 9.21. The van der Waals surface area contributed by atoms with Crippen LogP contribution in [0.25, 0.3) is 0 Å². The topological polar surface area (TPSA) is 38.8 Å². The summed E-state index contributed by atoms with van der Waals surface area (Å²) in [5.74, 6) is -0.299. The van der Waals surface area contributed by atoms with Crippen molar-refractivity contribution in [2.45, 2.75) is 39.0 Å². The highest BCUT2D eigenvalue weighted by Crippen LogP contribution is 2.18. The highest BCUT2D eigenvalue weighted by Gasteiger charge is 2.20. The lowest BCUT2D eigenvalue weighted by Gasteiger charge is -2.25. The summed E-state index contributed by atoms with van der Waals surface area (Å²) < 4.78 is 10.6. The highest BCUT2D eigenvalue weighted by atomic mass is 16.5. The Morgan fingerprint density at radius 1 is 1.15 bits per heavy atom. The van der Waals surface area contributed by atoms with E-state index in [-0.39, 0.29) is 5.97 Å². The summed E-state index contributed by atoms with van der Waals surface area (Å²) in [6.07, 6.45) is 2.59. The van der Waals surface area contributed by atoms with Gasteiger partial charge in [0.1, 0.15) is 0 Å². The van der Waals surface area contributed by atoms with Crippen LogP contribution < -0.4 is 0 Å². The molecule has 2 aromatic carbocycles. The maximum atomic E-state index is 11.6. The molecule has 3 rings (SSSR count). The van der Waals surface area contributed by atoms with E-state index in [1.54, 1.807) is 0 Å². The predicted molar refractivity (Wildman–Crippen MR) is 102 cm³/mol. The minimum absolute atomic E-state index is 0.299. The number of hydrogen-bond donors (Lipinski definition) is 0. The Kier molecular flexibility index (Phi) is 6.42. The van der Waals surface area contributed by atoms with Gasteiger partial charge in [0.2, 0.25) is 0 Å². The van der Waals surface area contributed by atoms with Crippen LogP contribution in [0.15, 0.2) is 48.5 Å². The zero-order valence-electron chi connectivity index (χ0n) is 15.6. The van der Waals surface area contributed by atoms with E-state index in [4.69, 9.17) is 9.47 Å². The molecule has 1 saturated heterocycles. The minimum Gasteiger partial charge on any atom is -0.465 e. The first-order valence-corrected chi connectivity index (χ1v) is 9.21. The van der Waals surface area contributed by atoms with Gasteiger partial charge >= 0.3 is 5.97 Å². The smallest absolute Gasteiger partial charge is 0.337 e. The first kappa shape index (κ1) is 18.6. The molecule has 1 aliphatic rings. The lowest BCUT2D eigenvalue weighted by Crippen LogP contribution is -2.31. The highest BCUT2D eigenvalue weighted by molar-refractivity contribution is 5.89. The molecule has 1 atom stereocenters. The van der Waals surface area contributed by atoms with E-state index in [9.17, 15) is 4.79 Å². The van der Waals surface area contributed by atoms with Crippen LogP contribution in [0.5, 0.6) is 0 Å². The number of nitrogens with zero attached hydrogens (tertiary/aromatic N) is 1. The minimum atomic E-state index is -0.299. The summed E-state index contributed by atoms with van der Waals surface area (Å²) in [7, 11) is 1.40. The lowest BCUT2D eigenvalue weighted by molar-refractivity contribution is 0.0600. The maximum Gasteiger partial charge on any atom is 0.337 e. The molecule has 138 valence electrons. The Balaban J connectivity index is 1.70. The van der Waals surface area contributed by atoms with Gasteiger partial charge in [-0.2, -0.15) is 0 Å². The number of ether oxygens (including phenoxy) is 2. The predicted octanol–water partition coefficient (Wildman–Crippen LogP) is 3.96. The second-order valence-corrected chi connectivity index (χ2v) is 6.98. The SMILES string of the molecule is COC(=O)c1ccc(CN(Cc2cccc(C)c2)CC2CCCO2)cc1. The normalized spacial score (nSPS) is 16.8. The number of benzene rings is 2. The van der Waals surface area contributed by atoms with Crippen LogP contribution in [-0.2, 0) is 22.6 Å². The van der Waals surface area contributed by atoms with Gasteiger partial charge < -0.3 is 9.47 Å². The number of rotatable bonds is 7. The zero-order chi connectivity index (χ0) is 18.4. The fourth-order valence-electron chi connectivity index (χ4n) is 3.45. The molecule has 0 aliphatic carbocycles. The largest absolute Gasteiger partial charge is 0.465 e. The van der Waals surface area contributed by atoms with Crippen LogP contribution in [0, 0.1) is 6.92 Å². The standard InChI is InChI=1S/C22H27NO3/c1-17-5-3-6-19(13-17)15-23(16-21-7-4-12-26-21)14-18-8-10-20(11-9-18)22(24)25-2/h3,5-6,8-11,13,21H,4,7,12,14-16H2,1-2H3. The van der Waals surface area contributed by atoms with Crippen molar-refractivity contribution in [3.05, 3.63) is 70.8 Å². The van der Waals surface area contributed by atoms with Crippen molar-refractivity contribution in [2.75, 3.05) is 20.3 Å². The Labute approximate surface area is 155 Å². The first-order chi connectivity index (χ1) is 12.6. The molecule has 1 fully saturated rings. The molecule has 0 spiro atoms. The van der Waals surface area contributed by atoms with Gasteiger partial charge in [-0.1, -0.05) is 42.0 Å². The molecule has 0 radical (unpaired) electrons. The van der Waals surface area contributed by atoms with Gasteiger partial charge in [-0.05, 0) is 43.0 Å². The summed E-state index contributed by atoms with van der Waals surface area (Å²) in [5.41, 5.74) is 4.36. The number of esters is 1. The van der Waals surface area contributed by atoms with Crippen molar-refractivity contribution in [2.24, 2.45) is 0 Å². The van der Waals surface area contributed by atoms with Gasteiger partial charge in [0.25, 0.3) is 0 Å². The maximum absolute atomic E-state index is 11.6. The van der Waals surface area contributed by atoms with Crippen molar-refractivity contribution in [3.63, 3.8) is 0 Å². The summed E-state index contributed by atoms with van der Waals surface area (Å²) >= 11 is 0. The number of methoxy groups -OCH3 is 1. The zero-order valence-corrected chi connectivity index (χ0v) is 15.6. The van der Waals surface area contributed by atoms with Gasteiger partial charge in [-0.15, -0.1) is 0 Å². The fraction of sp³-hybridized carbons (Fsp3) is 0.409. The van der Waals surface area contributed by atoms with E-state index in [0.29, 0.717) is 11.7 Å². The number of hydrogen-bond acceptors (Lipinski definition) is 4. The van der Waals surface area contributed by atoms with Crippen molar-refractivity contribution in [1.29, 1.82) is 0 Å². The van der Waals surface area contributed by atoms with Crippen LogP contribution in [-0.4, -0.2) is 37.2 Å². The monoisotopic (exact) mass is 353 g/mol. The van der Waals surface area contributed by atoms with Gasteiger partial charge in [-0.3, -0.25) is 4.90 Å². The molecule has 0 N–H and O–H groups in total. The summed E-state index contributed by atoms with van der Waals surface area (Å²) in [4.78, 5) is 14.0. The molecular weight excluding hydrogens is 326 g/mol. The second kappa shape index (κ2) is 8.97. The van der Waals surface area contributed by atoms with Crippen molar-refractivity contribution >= 4 is 5.97 Å². The molecule has 2 aromatic rings. The molecule has 0 amide bonds. The van der Waals surface area contributed by atoms with Crippen LogP contribution >= 0.6 is 0 Å².